The van der Waals surface area contributed by atoms with Gasteiger partial charge in [-0.15, -0.1) is 0 Å². The zero-order valence-corrected chi connectivity index (χ0v) is 14.4. The first kappa shape index (κ1) is 18.0. The van der Waals surface area contributed by atoms with Crippen molar-refractivity contribution in [3.8, 4) is 0 Å². The van der Waals surface area contributed by atoms with Gasteiger partial charge in [0.25, 0.3) is 0 Å². The van der Waals surface area contributed by atoms with Crippen LogP contribution in [0, 0.1) is 23.7 Å². The van der Waals surface area contributed by atoms with E-state index in [-0.39, 0.29) is 11.8 Å². The van der Waals surface area contributed by atoms with E-state index in [0.717, 1.165) is 57.8 Å². The van der Waals surface area contributed by atoms with Crippen molar-refractivity contribution >= 4 is 11.9 Å². The molecular formula is C19H30O4. The molecule has 130 valence electrons. The number of hydrogen-bond acceptors (Lipinski definition) is 2. The van der Waals surface area contributed by atoms with Gasteiger partial charge in [-0.05, 0) is 50.4 Å². The molecule has 0 aromatic heterocycles. The van der Waals surface area contributed by atoms with Crippen LogP contribution >= 0.6 is 0 Å². The van der Waals surface area contributed by atoms with Crippen molar-refractivity contribution in [1.29, 1.82) is 0 Å². The number of carboxylic acids is 2. The first-order valence-electron chi connectivity index (χ1n) is 9.20. The Morgan fingerprint density at radius 3 is 1.57 bits per heavy atom. The summed E-state index contributed by atoms with van der Waals surface area (Å²) < 4.78 is 0. The molecule has 4 heteroatoms. The molecule has 4 nitrogen and oxygen atoms in total. The van der Waals surface area contributed by atoms with Gasteiger partial charge in [0.2, 0.25) is 0 Å². The largest absolute Gasteiger partial charge is 0.481 e. The van der Waals surface area contributed by atoms with Gasteiger partial charge in [-0.2, -0.15) is 0 Å². The lowest BCUT2D eigenvalue weighted by molar-refractivity contribution is -0.157. The Morgan fingerprint density at radius 2 is 1.26 bits per heavy atom. The highest BCUT2D eigenvalue weighted by Gasteiger charge is 2.51. The fourth-order valence-electron chi connectivity index (χ4n) is 4.75. The Balaban J connectivity index is 2.48. The zero-order valence-electron chi connectivity index (χ0n) is 14.4. The maximum absolute atomic E-state index is 11.9. The first-order chi connectivity index (χ1) is 11.0. The topological polar surface area (TPSA) is 74.6 Å². The predicted octanol–water partition coefficient (Wildman–Crippen LogP) is 4.49. The van der Waals surface area contributed by atoms with Crippen molar-refractivity contribution in [3.05, 3.63) is 11.1 Å². The minimum absolute atomic E-state index is 0.0641. The number of unbranched alkanes of at least 4 members (excludes halogenated alkanes) is 2. The summed E-state index contributed by atoms with van der Waals surface area (Å²) in [4.78, 5) is 23.7. The third kappa shape index (κ3) is 3.61. The lowest BCUT2D eigenvalue weighted by Gasteiger charge is -2.40. The van der Waals surface area contributed by atoms with Gasteiger partial charge < -0.3 is 10.2 Å². The fourth-order valence-corrected chi connectivity index (χ4v) is 4.75. The third-order valence-electron chi connectivity index (χ3n) is 5.76. The lowest BCUT2D eigenvalue weighted by Crippen LogP contribution is -2.43. The van der Waals surface area contributed by atoms with Gasteiger partial charge in [0.05, 0.1) is 11.8 Å². The van der Waals surface area contributed by atoms with Crippen LogP contribution in [0.1, 0.15) is 71.6 Å². The van der Waals surface area contributed by atoms with Gasteiger partial charge in [-0.1, -0.05) is 44.3 Å². The molecule has 3 aliphatic rings. The number of carbonyl (C=O) groups is 2. The summed E-state index contributed by atoms with van der Waals surface area (Å²) in [5.41, 5.74) is 2.63. The Kier molecular flexibility index (Phi) is 6.25. The molecule has 1 fully saturated rings. The van der Waals surface area contributed by atoms with E-state index in [4.69, 9.17) is 0 Å². The van der Waals surface area contributed by atoms with Gasteiger partial charge in [0, 0.05) is 0 Å². The van der Waals surface area contributed by atoms with Gasteiger partial charge in [0.1, 0.15) is 0 Å². The van der Waals surface area contributed by atoms with Crippen LogP contribution in [0.5, 0.6) is 0 Å². The highest BCUT2D eigenvalue weighted by Crippen LogP contribution is 2.52. The van der Waals surface area contributed by atoms with E-state index < -0.39 is 23.8 Å². The average molecular weight is 322 g/mol. The molecule has 0 radical (unpaired) electrons. The molecule has 2 N–H and O–H groups in total. The van der Waals surface area contributed by atoms with Crippen LogP contribution in [0.25, 0.3) is 0 Å². The summed E-state index contributed by atoms with van der Waals surface area (Å²) >= 11 is 0. The van der Waals surface area contributed by atoms with Crippen LogP contribution in [-0.4, -0.2) is 22.2 Å². The summed E-state index contributed by atoms with van der Waals surface area (Å²) in [5.74, 6) is -3.44. The molecule has 0 aromatic rings. The Bertz CT molecular complexity index is 438. The normalized spacial score (nSPS) is 30.3. The highest BCUT2D eigenvalue weighted by molar-refractivity contribution is 5.82. The molecule has 1 saturated carbocycles. The van der Waals surface area contributed by atoms with Gasteiger partial charge in [0.15, 0.2) is 0 Å². The monoisotopic (exact) mass is 322 g/mol. The first-order valence-corrected chi connectivity index (χ1v) is 9.20. The molecular weight excluding hydrogens is 292 g/mol. The average Bonchev–Trinajstić information content (AvgIpc) is 2.80. The van der Waals surface area contributed by atoms with Crippen LogP contribution < -0.4 is 0 Å². The molecule has 3 aliphatic carbocycles. The van der Waals surface area contributed by atoms with Crippen LogP contribution in [0.2, 0.25) is 0 Å². The SMILES string of the molecule is CCCCC1=C(CCCC)C2CCCC1C(C(=O)O)C2C(=O)O. The predicted molar refractivity (Wildman–Crippen MR) is 89.2 cm³/mol. The number of rotatable bonds is 8. The molecule has 23 heavy (non-hydrogen) atoms. The maximum Gasteiger partial charge on any atom is 0.308 e. The van der Waals surface area contributed by atoms with Gasteiger partial charge in [-0.25, -0.2) is 0 Å². The molecule has 0 aromatic carbocycles. The third-order valence-corrected chi connectivity index (χ3v) is 5.76. The standard InChI is InChI=1S/C19H30O4/c1-3-5-8-12-13(9-6-4-2)15-11-7-10-14(12)16(18(20)21)17(15)19(22)23/h14-17H,3-11H2,1-2H3,(H,20,21)(H,22,23). The smallest absolute Gasteiger partial charge is 0.308 e. The number of allylic oxidation sites excluding steroid dienone is 2. The van der Waals surface area contributed by atoms with Crippen molar-refractivity contribution in [2.75, 3.05) is 0 Å². The van der Waals surface area contributed by atoms with E-state index in [0.29, 0.717) is 0 Å². The molecule has 4 atom stereocenters. The summed E-state index contributed by atoms with van der Waals surface area (Å²) in [6.07, 6.45) is 8.84. The number of hydrogen-bond donors (Lipinski definition) is 2. The van der Waals surface area contributed by atoms with Gasteiger partial charge >= 0.3 is 11.9 Å². The number of aliphatic carboxylic acids is 2. The molecule has 4 unspecified atom stereocenters. The van der Waals surface area contributed by atoms with Crippen LogP contribution in [0.4, 0.5) is 0 Å². The molecule has 3 rings (SSSR count). The second-order valence-electron chi connectivity index (χ2n) is 7.13. The van der Waals surface area contributed by atoms with Crippen molar-refractivity contribution in [2.24, 2.45) is 23.7 Å². The van der Waals surface area contributed by atoms with E-state index >= 15 is 0 Å². The Labute approximate surface area is 139 Å². The van der Waals surface area contributed by atoms with E-state index in [1.807, 2.05) is 0 Å². The minimum Gasteiger partial charge on any atom is -0.481 e. The van der Waals surface area contributed by atoms with Gasteiger partial charge in [-0.3, -0.25) is 9.59 Å². The zero-order chi connectivity index (χ0) is 17.0. The molecule has 0 spiro atoms. The lowest BCUT2D eigenvalue weighted by atomic mass is 9.63. The second kappa shape index (κ2) is 7.98. The van der Waals surface area contributed by atoms with Crippen LogP contribution in [0.15, 0.2) is 11.1 Å². The second-order valence-corrected chi connectivity index (χ2v) is 7.13. The minimum atomic E-state index is -0.919. The Morgan fingerprint density at radius 1 is 0.870 bits per heavy atom. The van der Waals surface area contributed by atoms with Crippen molar-refractivity contribution in [1.82, 2.24) is 0 Å². The molecule has 0 heterocycles. The van der Waals surface area contributed by atoms with Crippen LogP contribution in [-0.2, 0) is 9.59 Å². The molecule has 2 bridgehead atoms. The van der Waals surface area contributed by atoms with E-state index in [1.54, 1.807) is 0 Å². The van der Waals surface area contributed by atoms with Crippen molar-refractivity contribution in [2.45, 2.75) is 71.6 Å². The van der Waals surface area contributed by atoms with Crippen LogP contribution in [0.3, 0.4) is 0 Å². The Hall–Kier alpha value is -1.32. The maximum atomic E-state index is 11.9. The fraction of sp³-hybridized carbons (Fsp3) is 0.789. The molecule has 0 aliphatic heterocycles. The summed E-state index contributed by atoms with van der Waals surface area (Å²) in [6.45, 7) is 4.30. The quantitative estimate of drug-likeness (QED) is 0.645. The van der Waals surface area contributed by atoms with E-state index in [2.05, 4.69) is 13.8 Å². The van der Waals surface area contributed by atoms with Crippen molar-refractivity contribution in [3.63, 3.8) is 0 Å². The highest BCUT2D eigenvalue weighted by atomic mass is 16.4. The summed E-state index contributed by atoms with van der Waals surface area (Å²) in [5, 5.41) is 19.4. The van der Waals surface area contributed by atoms with E-state index in [1.165, 1.54) is 11.1 Å². The molecule has 0 saturated heterocycles. The number of fused-ring (bicyclic) bond motifs is 3. The molecule has 0 amide bonds. The number of carboxylic acid groups (broad SMARTS) is 2. The van der Waals surface area contributed by atoms with Crippen molar-refractivity contribution < 1.29 is 19.8 Å². The summed E-state index contributed by atoms with van der Waals surface area (Å²) in [6, 6.07) is 0. The van der Waals surface area contributed by atoms with E-state index in [9.17, 15) is 19.8 Å². The summed E-state index contributed by atoms with van der Waals surface area (Å²) in [7, 11) is 0.